The molecule has 12 heteroatoms. The van der Waals surface area contributed by atoms with Gasteiger partial charge in [-0.1, -0.05) is 12.0 Å². The van der Waals surface area contributed by atoms with Gasteiger partial charge in [-0.05, 0) is 43.0 Å². The second-order valence-corrected chi connectivity index (χ2v) is 12.4. The first-order valence-corrected chi connectivity index (χ1v) is 15.2. The molecule has 0 radical (unpaired) electrons. The molecule has 0 spiro atoms. The maximum Gasteiger partial charge on any atom is 0.319 e. The summed E-state index contributed by atoms with van der Waals surface area (Å²) in [5, 5.41) is 15.0. The highest BCUT2D eigenvalue weighted by atomic mass is 19.1. The molecule has 4 atom stereocenters. The summed E-state index contributed by atoms with van der Waals surface area (Å²) in [6.45, 7) is 3.58. The summed E-state index contributed by atoms with van der Waals surface area (Å²) in [5.41, 5.74) is -0.569. The van der Waals surface area contributed by atoms with Gasteiger partial charge >= 0.3 is 6.01 Å². The van der Waals surface area contributed by atoms with E-state index in [1.165, 1.54) is 30.5 Å². The number of nitrogens with zero attached hydrogens (tertiary/aromatic N) is 5. The predicted octanol–water partition coefficient (Wildman–Crippen LogP) is 3.94. The topological polar surface area (TPSA) is 95.9 Å². The summed E-state index contributed by atoms with van der Waals surface area (Å²) in [5.74, 6) is 1.25. The molecule has 0 saturated carbocycles. The number of terminal acetylenes is 1. The van der Waals surface area contributed by atoms with Gasteiger partial charge in [-0.2, -0.15) is 9.97 Å². The molecule has 2 aromatic heterocycles. The van der Waals surface area contributed by atoms with E-state index in [1.807, 2.05) is 0 Å². The summed E-state index contributed by atoms with van der Waals surface area (Å²) in [7, 11) is 0. The Hall–Kier alpha value is -4.18. The lowest BCUT2D eigenvalue weighted by atomic mass is 9.95. The number of anilines is 1. The molecule has 4 saturated heterocycles. The second kappa shape index (κ2) is 10.7. The van der Waals surface area contributed by atoms with E-state index in [4.69, 9.17) is 20.9 Å². The third-order valence-corrected chi connectivity index (χ3v) is 9.74. The maximum atomic E-state index is 16.8. The minimum absolute atomic E-state index is 0.0225. The van der Waals surface area contributed by atoms with E-state index in [0.29, 0.717) is 55.9 Å². The first-order chi connectivity index (χ1) is 21.8. The van der Waals surface area contributed by atoms with Crippen molar-refractivity contribution in [2.45, 2.75) is 43.1 Å². The van der Waals surface area contributed by atoms with Crippen LogP contribution in [-0.4, -0.2) is 94.8 Å². The molecule has 45 heavy (non-hydrogen) atoms. The highest BCUT2D eigenvalue weighted by Crippen LogP contribution is 2.42. The lowest BCUT2D eigenvalue weighted by Crippen LogP contribution is -2.64. The van der Waals surface area contributed by atoms with Crippen LogP contribution in [0.4, 0.5) is 19.0 Å². The fourth-order valence-corrected chi connectivity index (χ4v) is 7.75. The van der Waals surface area contributed by atoms with Crippen molar-refractivity contribution >= 4 is 27.5 Å². The molecular weight excluding hydrogens is 585 g/mol. The fourth-order valence-electron chi connectivity index (χ4n) is 7.75. The summed E-state index contributed by atoms with van der Waals surface area (Å²) < 4.78 is 58.2. The van der Waals surface area contributed by atoms with Crippen LogP contribution < -0.4 is 15.0 Å². The van der Waals surface area contributed by atoms with E-state index >= 15 is 4.39 Å². The minimum atomic E-state index is -0.928. The van der Waals surface area contributed by atoms with Crippen LogP contribution in [0.25, 0.3) is 32.9 Å². The summed E-state index contributed by atoms with van der Waals surface area (Å²) in [6, 6.07) is 5.29. The van der Waals surface area contributed by atoms with Gasteiger partial charge in [0.15, 0.2) is 5.82 Å². The normalized spacial score (nSPS) is 26.4. The van der Waals surface area contributed by atoms with Crippen LogP contribution in [-0.2, 0) is 4.74 Å². The number of rotatable bonds is 5. The Labute approximate surface area is 257 Å². The van der Waals surface area contributed by atoms with Crippen LogP contribution in [0, 0.1) is 24.0 Å². The number of fused-ring (bicyclic) bond motifs is 5. The Morgan fingerprint density at radius 1 is 1.18 bits per heavy atom. The van der Waals surface area contributed by atoms with Crippen LogP contribution in [0.2, 0.25) is 0 Å². The number of nitrogens with one attached hydrogen (secondary N) is 1. The van der Waals surface area contributed by atoms with Crippen molar-refractivity contribution in [1.29, 1.82) is 0 Å². The number of aromatic hydroxyl groups is 1. The highest BCUT2D eigenvalue weighted by molar-refractivity contribution is 6.03. The average Bonchev–Trinajstić information content (AvgIpc) is 3.55. The number of ether oxygens (including phenoxy) is 2. The molecule has 2 aromatic carbocycles. The van der Waals surface area contributed by atoms with Crippen LogP contribution in [0.1, 0.15) is 24.8 Å². The van der Waals surface area contributed by atoms with Crippen molar-refractivity contribution in [3.63, 3.8) is 0 Å². The molecule has 9 nitrogen and oxygen atoms in total. The van der Waals surface area contributed by atoms with Gasteiger partial charge in [0.2, 0.25) is 0 Å². The maximum absolute atomic E-state index is 16.8. The van der Waals surface area contributed by atoms with Gasteiger partial charge in [0, 0.05) is 43.2 Å². The third kappa shape index (κ3) is 4.56. The van der Waals surface area contributed by atoms with Crippen molar-refractivity contribution in [2.24, 2.45) is 0 Å². The molecule has 8 rings (SSSR count). The Balaban J connectivity index is 1.30. The van der Waals surface area contributed by atoms with E-state index in [2.05, 4.69) is 31.0 Å². The van der Waals surface area contributed by atoms with E-state index in [0.717, 1.165) is 19.4 Å². The number of alkyl halides is 1. The van der Waals surface area contributed by atoms with Crippen molar-refractivity contribution in [3.8, 4) is 35.4 Å². The number of hydrogen-bond acceptors (Lipinski definition) is 9. The monoisotopic (exact) mass is 616 g/mol. The van der Waals surface area contributed by atoms with Gasteiger partial charge in [-0.25, -0.2) is 13.2 Å². The summed E-state index contributed by atoms with van der Waals surface area (Å²) in [4.78, 5) is 18.1. The molecule has 2 N–H and O–H groups in total. The Morgan fingerprint density at radius 3 is 2.80 bits per heavy atom. The van der Waals surface area contributed by atoms with E-state index in [1.54, 1.807) is 0 Å². The van der Waals surface area contributed by atoms with E-state index in [9.17, 15) is 13.9 Å². The molecule has 0 aliphatic carbocycles. The van der Waals surface area contributed by atoms with Gasteiger partial charge in [0.05, 0.1) is 41.8 Å². The molecule has 4 aliphatic heterocycles. The Kier molecular flexibility index (Phi) is 6.74. The van der Waals surface area contributed by atoms with E-state index in [-0.39, 0.29) is 58.2 Å². The zero-order valence-corrected chi connectivity index (χ0v) is 24.4. The third-order valence-electron chi connectivity index (χ3n) is 9.74. The largest absolute Gasteiger partial charge is 0.508 e. The molecule has 2 bridgehead atoms. The number of aromatic nitrogens is 3. The Bertz CT molecular complexity index is 1860. The first-order valence-electron chi connectivity index (χ1n) is 15.2. The molecule has 4 aromatic rings. The van der Waals surface area contributed by atoms with Crippen molar-refractivity contribution in [2.75, 3.05) is 50.9 Å². The SMILES string of the molecule is C#Cc1c(F)ccc2cc(O)cc(-c3ncc4c(N5C6CNCC5COC6)nc(OC[C@@]56CCCN5C[C@H](F)C6)nc4c3F)c12. The van der Waals surface area contributed by atoms with Crippen LogP contribution >= 0.6 is 0 Å². The second-order valence-electron chi connectivity index (χ2n) is 12.4. The van der Waals surface area contributed by atoms with Gasteiger partial charge in [-0.3, -0.25) is 9.88 Å². The number of phenols is 1. The summed E-state index contributed by atoms with van der Waals surface area (Å²) >= 11 is 0. The van der Waals surface area contributed by atoms with Crippen molar-refractivity contribution in [3.05, 3.63) is 47.7 Å². The molecule has 2 unspecified atom stereocenters. The average molecular weight is 617 g/mol. The number of pyridine rings is 1. The van der Waals surface area contributed by atoms with Gasteiger partial charge < -0.3 is 24.8 Å². The van der Waals surface area contributed by atoms with Crippen LogP contribution in [0.3, 0.4) is 0 Å². The van der Waals surface area contributed by atoms with Gasteiger partial charge in [0.1, 0.15) is 41.4 Å². The standard InChI is InChI=1S/C33H31F3N6O3/c1-2-23-26(35)5-4-18-8-22(43)9-24(27(18)23)29-28(36)30-25(13-38-29)31(42-20-11-37-12-21(42)16-44-15-20)40-32(39-30)45-17-33-6-3-7-41(33)14-19(34)10-33/h1,4-5,8-9,13,19-21,37,43H,3,6-7,10-12,14-17H2/t19-,20?,21?,33+/m1/s1. The predicted molar refractivity (Wildman–Crippen MR) is 162 cm³/mol. The molecule has 4 aliphatic rings. The number of hydrogen-bond donors (Lipinski definition) is 2. The van der Waals surface area contributed by atoms with E-state index < -0.39 is 23.3 Å². The molecule has 232 valence electrons. The fraction of sp³-hybridized carbons (Fsp3) is 0.424. The highest BCUT2D eigenvalue weighted by Gasteiger charge is 2.49. The van der Waals surface area contributed by atoms with Gasteiger partial charge in [-0.15, -0.1) is 6.42 Å². The minimum Gasteiger partial charge on any atom is -0.508 e. The number of phenolic OH excluding ortho intramolecular Hbond substituents is 1. The van der Waals surface area contributed by atoms with Crippen LogP contribution in [0.15, 0.2) is 30.5 Å². The van der Waals surface area contributed by atoms with Crippen molar-refractivity contribution in [1.82, 2.24) is 25.2 Å². The number of piperazine rings is 1. The molecule has 0 amide bonds. The molecule has 6 heterocycles. The molecule has 4 fully saturated rings. The number of benzene rings is 2. The zero-order chi connectivity index (χ0) is 30.9. The smallest absolute Gasteiger partial charge is 0.319 e. The number of halogens is 3. The molecular formula is C33H31F3N6O3. The number of morpholine rings is 1. The van der Waals surface area contributed by atoms with Gasteiger partial charge in [0.25, 0.3) is 0 Å². The quantitative estimate of drug-likeness (QED) is 0.324. The zero-order valence-electron chi connectivity index (χ0n) is 24.4. The summed E-state index contributed by atoms with van der Waals surface area (Å²) in [6.07, 6.45) is 8.37. The van der Waals surface area contributed by atoms with Crippen molar-refractivity contribution < 1.29 is 27.8 Å². The lowest BCUT2D eigenvalue weighted by molar-refractivity contribution is 0.0522. The van der Waals surface area contributed by atoms with Crippen LogP contribution in [0.5, 0.6) is 11.8 Å². The lowest BCUT2D eigenvalue weighted by Gasteiger charge is -2.47. The first kappa shape index (κ1) is 28.3. The Morgan fingerprint density at radius 2 is 2.00 bits per heavy atom.